The summed E-state index contributed by atoms with van der Waals surface area (Å²) >= 11 is 0. The molecule has 2 heterocycles. The molecule has 6 nitrogen and oxygen atoms in total. The molecular weight excluding hydrogens is 409 g/mol. The third-order valence-electron chi connectivity index (χ3n) is 4.91. The van der Waals surface area contributed by atoms with E-state index >= 15 is 0 Å². The molecule has 0 bridgehead atoms. The van der Waals surface area contributed by atoms with Gasteiger partial charge in [-0.2, -0.15) is 0 Å². The van der Waals surface area contributed by atoms with Crippen LogP contribution in [-0.4, -0.2) is 53.0 Å². The number of hydrogen-bond acceptors (Lipinski definition) is 5. The van der Waals surface area contributed by atoms with E-state index in [0.29, 0.717) is 25.4 Å². The smallest absolute Gasteiger partial charge is 0.239 e. The zero-order valence-electron chi connectivity index (χ0n) is 17.2. The van der Waals surface area contributed by atoms with Gasteiger partial charge in [0.1, 0.15) is 11.6 Å². The molecule has 1 aliphatic rings. The van der Waals surface area contributed by atoms with Gasteiger partial charge >= 0.3 is 0 Å². The monoisotopic (exact) mass is 439 g/mol. The van der Waals surface area contributed by atoms with Crippen LogP contribution in [0.3, 0.4) is 0 Å². The molecule has 1 saturated heterocycles. The number of halogens is 2. The number of amides is 1. The predicted octanol–water partition coefficient (Wildman–Crippen LogP) is 2.97. The lowest BCUT2D eigenvalue weighted by Gasteiger charge is -2.36. The first-order chi connectivity index (χ1) is 12.9. The van der Waals surface area contributed by atoms with Crippen molar-refractivity contribution >= 4 is 36.5 Å². The summed E-state index contributed by atoms with van der Waals surface area (Å²) in [7, 11) is 0. The predicted molar refractivity (Wildman–Crippen MR) is 122 cm³/mol. The van der Waals surface area contributed by atoms with Crippen molar-refractivity contribution < 1.29 is 4.79 Å². The molecule has 160 valence electrons. The van der Waals surface area contributed by atoms with Gasteiger partial charge in [0.25, 0.3) is 0 Å². The summed E-state index contributed by atoms with van der Waals surface area (Å²) in [6.07, 6.45) is 0.572. The van der Waals surface area contributed by atoms with Gasteiger partial charge in [-0.1, -0.05) is 44.2 Å². The highest BCUT2D eigenvalue weighted by Gasteiger charge is 2.26. The zero-order valence-corrected chi connectivity index (χ0v) is 18.9. The Morgan fingerprint density at radius 1 is 1.07 bits per heavy atom. The van der Waals surface area contributed by atoms with Crippen molar-refractivity contribution in [2.24, 2.45) is 5.73 Å². The number of aryl methyl sites for hydroxylation is 1. The maximum Gasteiger partial charge on any atom is 0.239 e. The minimum Gasteiger partial charge on any atom is -0.353 e. The van der Waals surface area contributed by atoms with Crippen LogP contribution >= 0.6 is 24.8 Å². The molecule has 1 amide bonds. The fourth-order valence-corrected chi connectivity index (χ4v) is 3.34. The van der Waals surface area contributed by atoms with Crippen molar-refractivity contribution in [2.75, 3.05) is 31.1 Å². The second-order valence-corrected chi connectivity index (χ2v) is 7.49. The average molecular weight is 440 g/mol. The molecule has 2 N–H and O–H groups in total. The highest BCUT2D eigenvalue weighted by Crippen LogP contribution is 2.19. The van der Waals surface area contributed by atoms with Crippen LogP contribution < -0.4 is 10.6 Å². The fraction of sp³-hybridized carbons (Fsp3) is 0.476. The number of carbonyl (C=O) groups is 1. The lowest BCUT2D eigenvalue weighted by atomic mass is 10.1. The quantitative estimate of drug-likeness (QED) is 0.774. The largest absolute Gasteiger partial charge is 0.353 e. The third kappa shape index (κ3) is 6.56. The Balaban J connectivity index is 0.00000210. The van der Waals surface area contributed by atoms with Gasteiger partial charge in [0.15, 0.2) is 0 Å². The Bertz CT molecular complexity index is 780. The number of carbonyl (C=O) groups excluding carboxylic acids is 1. The molecule has 3 rings (SSSR count). The SMILES string of the molecule is Cc1cc(N2CCN(C(=O)C(N)Cc3ccccc3)CC2)nc(C(C)C)n1.Cl.Cl. The van der Waals surface area contributed by atoms with E-state index in [0.717, 1.165) is 36.0 Å². The normalized spacial score (nSPS) is 14.8. The molecule has 0 aliphatic carbocycles. The van der Waals surface area contributed by atoms with Crippen LogP contribution in [0.25, 0.3) is 0 Å². The van der Waals surface area contributed by atoms with E-state index in [2.05, 4.69) is 23.7 Å². The van der Waals surface area contributed by atoms with Crippen LogP contribution in [0.2, 0.25) is 0 Å². The molecule has 29 heavy (non-hydrogen) atoms. The molecule has 0 spiro atoms. The van der Waals surface area contributed by atoms with Gasteiger partial charge in [-0.3, -0.25) is 4.79 Å². The topological polar surface area (TPSA) is 75.3 Å². The van der Waals surface area contributed by atoms with Crippen LogP contribution in [0.4, 0.5) is 5.82 Å². The molecule has 8 heteroatoms. The van der Waals surface area contributed by atoms with Crippen molar-refractivity contribution in [3.8, 4) is 0 Å². The Kier molecular flexibility index (Phi) is 9.83. The molecular formula is C21H31Cl2N5O. The van der Waals surface area contributed by atoms with E-state index in [1.165, 1.54) is 0 Å². The number of rotatable bonds is 5. The van der Waals surface area contributed by atoms with Crippen molar-refractivity contribution in [1.82, 2.24) is 14.9 Å². The van der Waals surface area contributed by atoms with E-state index in [1.807, 2.05) is 48.2 Å². The number of nitrogens with two attached hydrogens (primary N) is 1. The van der Waals surface area contributed by atoms with Crippen LogP contribution in [0.1, 0.15) is 36.8 Å². The molecule has 0 radical (unpaired) electrons. The van der Waals surface area contributed by atoms with Crippen LogP contribution in [0.15, 0.2) is 36.4 Å². The van der Waals surface area contributed by atoms with Gasteiger partial charge in [0.2, 0.25) is 5.91 Å². The summed E-state index contributed by atoms with van der Waals surface area (Å²) in [5.74, 6) is 2.14. The van der Waals surface area contributed by atoms with Gasteiger partial charge in [-0.25, -0.2) is 9.97 Å². The van der Waals surface area contributed by atoms with Gasteiger partial charge in [-0.15, -0.1) is 24.8 Å². The second kappa shape index (κ2) is 11.3. The number of benzene rings is 1. The number of hydrogen-bond donors (Lipinski definition) is 1. The third-order valence-corrected chi connectivity index (χ3v) is 4.91. The summed E-state index contributed by atoms with van der Waals surface area (Å²) in [5, 5.41) is 0. The standard InChI is InChI=1S/C21H29N5O.2ClH/c1-15(2)20-23-16(3)13-19(24-20)25-9-11-26(12-10-25)21(27)18(22)14-17-7-5-4-6-8-17;;/h4-8,13,15,18H,9-12,14,22H2,1-3H3;2*1H. The number of piperazine rings is 1. The highest BCUT2D eigenvalue weighted by atomic mass is 35.5. The van der Waals surface area contributed by atoms with E-state index in [-0.39, 0.29) is 30.7 Å². The molecule has 1 atom stereocenters. The van der Waals surface area contributed by atoms with E-state index in [1.54, 1.807) is 0 Å². The van der Waals surface area contributed by atoms with Crippen LogP contribution in [0, 0.1) is 6.92 Å². The second-order valence-electron chi connectivity index (χ2n) is 7.49. The first kappa shape index (κ1) is 25.1. The summed E-state index contributed by atoms with van der Waals surface area (Å²) in [6, 6.07) is 11.5. The Morgan fingerprint density at radius 3 is 2.28 bits per heavy atom. The lowest BCUT2D eigenvalue weighted by Crippen LogP contribution is -2.53. The summed E-state index contributed by atoms with van der Waals surface area (Å²) in [6.45, 7) is 9.06. The van der Waals surface area contributed by atoms with E-state index < -0.39 is 6.04 Å². The first-order valence-corrected chi connectivity index (χ1v) is 9.63. The van der Waals surface area contributed by atoms with Gasteiger partial charge in [0, 0.05) is 43.9 Å². The maximum atomic E-state index is 12.7. The number of nitrogens with zero attached hydrogens (tertiary/aromatic N) is 4. The van der Waals surface area contributed by atoms with Gasteiger partial charge in [0.05, 0.1) is 6.04 Å². The van der Waals surface area contributed by atoms with Gasteiger partial charge < -0.3 is 15.5 Å². The van der Waals surface area contributed by atoms with Crippen molar-refractivity contribution in [1.29, 1.82) is 0 Å². The number of aromatic nitrogens is 2. The fourth-order valence-electron chi connectivity index (χ4n) is 3.34. The van der Waals surface area contributed by atoms with Crippen molar-refractivity contribution in [2.45, 2.75) is 39.2 Å². The van der Waals surface area contributed by atoms with Crippen molar-refractivity contribution in [3.63, 3.8) is 0 Å². The lowest BCUT2D eigenvalue weighted by molar-refractivity contribution is -0.132. The molecule has 0 saturated carbocycles. The molecule has 1 unspecified atom stereocenters. The van der Waals surface area contributed by atoms with Crippen molar-refractivity contribution in [3.05, 3.63) is 53.5 Å². The molecule has 1 aliphatic heterocycles. The minimum absolute atomic E-state index is 0. The Hall–Kier alpha value is -1.89. The molecule has 2 aromatic rings. The summed E-state index contributed by atoms with van der Waals surface area (Å²) in [4.78, 5) is 26.0. The van der Waals surface area contributed by atoms with Gasteiger partial charge in [-0.05, 0) is 18.9 Å². The molecule has 1 aromatic heterocycles. The Morgan fingerprint density at radius 2 is 1.69 bits per heavy atom. The van der Waals surface area contributed by atoms with Crippen LogP contribution in [-0.2, 0) is 11.2 Å². The average Bonchev–Trinajstić information content (AvgIpc) is 2.67. The maximum absolute atomic E-state index is 12.7. The molecule has 1 aromatic carbocycles. The van der Waals surface area contributed by atoms with E-state index in [4.69, 9.17) is 10.7 Å². The summed E-state index contributed by atoms with van der Waals surface area (Å²) < 4.78 is 0. The highest BCUT2D eigenvalue weighted by molar-refractivity contribution is 5.85. The minimum atomic E-state index is -0.493. The number of anilines is 1. The summed E-state index contributed by atoms with van der Waals surface area (Å²) in [5.41, 5.74) is 8.24. The Labute approximate surface area is 185 Å². The van der Waals surface area contributed by atoms with E-state index in [9.17, 15) is 4.79 Å². The first-order valence-electron chi connectivity index (χ1n) is 9.63. The zero-order chi connectivity index (χ0) is 19.4. The van der Waals surface area contributed by atoms with Crippen LogP contribution in [0.5, 0.6) is 0 Å². The molecule has 1 fully saturated rings.